The fourth-order valence-electron chi connectivity index (χ4n) is 1.78. The maximum absolute atomic E-state index is 13.0. The van der Waals surface area contributed by atoms with Crippen LogP contribution in [-0.4, -0.2) is 10.1 Å². The topological polar surface area (TPSA) is 64.9 Å². The highest BCUT2D eigenvalue weighted by molar-refractivity contribution is 5.71. The normalized spacial score (nSPS) is 10.7. The van der Waals surface area contributed by atoms with Crippen LogP contribution in [0, 0.1) is 11.6 Å². The predicted molar refractivity (Wildman–Crippen MR) is 69.5 cm³/mol. The van der Waals surface area contributed by atoms with E-state index in [1.807, 2.05) is 0 Å². The molecule has 3 aromatic rings. The van der Waals surface area contributed by atoms with E-state index in [0.717, 1.165) is 0 Å². The van der Waals surface area contributed by atoms with Gasteiger partial charge < -0.3 is 10.3 Å². The molecule has 0 aliphatic heterocycles. The van der Waals surface area contributed by atoms with Gasteiger partial charge in [0.25, 0.3) is 5.89 Å². The number of aromatic nitrogens is 2. The Morgan fingerprint density at radius 3 is 2.35 bits per heavy atom. The van der Waals surface area contributed by atoms with Crippen LogP contribution in [0.5, 0.6) is 0 Å². The van der Waals surface area contributed by atoms with Gasteiger partial charge in [-0.2, -0.15) is 4.98 Å². The molecule has 1 heterocycles. The summed E-state index contributed by atoms with van der Waals surface area (Å²) in [6.45, 7) is 0. The van der Waals surface area contributed by atoms with Crippen molar-refractivity contribution in [1.82, 2.24) is 10.1 Å². The van der Waals surface area contributed by atoms with Gasteiger partial charge in [-0.3, -0.25) is 0 Å². The summed E-state index contributed by atoms with van der Waals surface area (Å²) in [6, 6.07) is 9.59. The Morgan fingerprint density at radius 2 is 1.65 bits per heavy atom. The van der Waals surface area contributed by atoms with E-state index in [1.54, 1.807) is 0 Å². The van der Waals surface area contributed by atoms with Crippen molar-refractivity contribution in [2.45, 2.75) is 0 Å². The minimum Gasteiger partial charge on any atom is -0.398 e. The molecule has 0 saturated heterocycles. The molecule has 0 bridgehead atoms. The molecule has 0 spiro atoms. The molecule has 2 aromatic carbocycles. The molecule has 0 aliphatic rings. The van der Waals surface area contributed by atoms with E-state index in [9.17, 15) is 8.78 Å². The Bertz CT molecular complexity index is 753. The third kappa shape index (κ3) is 2.23. The smallest absolute Gasteiger partial charge is 0.260 e. The van der Waals surface area contributed by atoms with E-state index in [0.29, 0.717) is 17.0 Å². The van der Waals surface area contributed by atoms with Gasteiger partial charge in [-0.05, 0) is 42.5 Å². The molecule has 0 saturated carbocycles. The Balaban J connectivity index is 1.99. The summed E-state index contributed by atoms with van der Waals surface area (Å²) in [7, 11) is 0. The van der Waals surface area contributed by atoms with Crippen molar-refractivity contribution in [2.24, 2.45) is 0 Å². The van der Waals surface area contributed by atoms with Crippen molar-refractivity contribution in [3.8, 4) is 22.8 Å². The second-order valence-corrected chi connectivity index (χ2v) is 4.16. The highest BCUT2D eigenvalue weighted by atomic mass is 19.1. The first-order chi connectivity index (χ1) is 9.63. The largest absolute Gasteiger partial charge is 0.398 e. The number of anilines is 1. The van der Waals surface area contributed by atoms with Crippen molar-refractivity contribution < 1.29 is 13.3 Å². The van der Waals surface area contributed by atoms with E-state index < -0.39 is 5.82 Å². The number of hydrogen-bond donors (Lipinski definition) is 1. The first kappa shape index (κ1) is 12.3. The summed E-state index contributed by atoms with van der Waals surface area (Å²) in [6.07, 6.45) is 0. The zero-order chi connectivity index (χ0) is 14.1. The molecule has 2 N–H and O–H groups in total. The predicted octanol–water partition coefficient (Wildman–Crippen LogP) is 3.26. The molecule has 0 amide bonds. The SMILES string of the molecule is Nc1cc(F)ccc1-c1nc(-c2ccc(F)cc2)no1. The van der Waals surface area contributed by atoms with E-state index in [4.69, 9.17) is 10.3 Å². The highest BCUT2D eigenvalue weighted by Crippen LogP contribution is 2.27. The monoisotopic (exact) mass is 273 g/mol. The van der Waals surface area contributed by atoms with Crippen molar-refractivity contribution >= 4 is 5.69 Å². The third-order valence-electron chi connectivity index (χ3n) is 2.77. The highest BCUT2D eigenvalue weighted by Gasteiger charge is 2.13. The van der Waals surface area contributed by atoms with Gasteiger partial charge in [-0.25, -0.2) is 8.78 Å². The van der Waals surface area contributed by atoms with Crippen molar-refractivity contribution in [1.29, 1.82) is 0 Å². The lowest BCUT2D eigenvalue weighted by molar-refractivity contribution is 0.432. The third-order valence-corrected chi connectivity index (χ3v) is 2.77. The molecule has 4 nitrogen and oxygen atoms in total. The summed E-state index contributed by atoms with van der Waals surface area (Å²) in [5, 5.41) is 3.80. The number of nitrogens with zero attached hydrogens (tertiary/aromatic N) is 2. The Kier molecular flexibility index (Phi) is 2.90. The minimum atomic E-state index is -0.440. The van der Waals surface area contributed by atoms with Crippen LogP contribution in [0.1, 0.15) is 0 Å². The van der Waals surface area contributed by atoms with Crippen LogP contribution in [0.15, 0.2) is 47.0 Å². The van der Waals surface area contributed by atoms with Gasteiger partial charge in [0.1, 0.15) is 11.6 Å². The molecular formula is C14H9F2N3O. The van der Waals surface area contributed by atoms with Gasteiger partial charge >= 0.3 is 0 Å². The fourth-order valence-corrected chi connectivity index (χ4v) is 1.78. The van der Waals surface area contributed by atoms with Crippen LogP contribution >= 0.6 is 0 Å². The standard InChI is InChI=1S/C14H9F2N3O/c15-9-3-1-8(2-4-9)13-18-14(20-19-13)11-6-5-10(16)7-12(11)17/h1-7H,17H2. The summed E-state index contributed by atoms with van der Waals surface area (Å²) < 4.78 is 30.9. The molecule has 3 rings (SSSR count). The summed E-state index contributed by atoms with van der Waals surface area (Å²) in [4.78, 5) is 4.17. The van der Waals surface area contributed by atoms with Crippen LogP contribution in [-0.2, 0) is 0 Å². The van der Waals surface area contributed by atoms with Crippen molar-refractivity contribution in [3.63, 3.8) is 0 Å². The Hall–Kier alpha value is -2.76. The Labute approximate surface area is 112 Å². The fraction of sp³-hybridized carbons (Fsp3) is 0. The summed E-state index contributed by atoms with van der Waals surface area (Å²) in [5.74, 6) is -0.296. The average Bonchev–Trinajstić information content (AvgIpc) is 2.89. The van der Waals surface area contributed by atoms with E-state index in [2.05, 4.69) is 10.1 Å². The lowest BCUT2D eigenvalue weighted by Gasteiger charge is -1.99. The van der Waals surface area contributed by atoms with E-state index in [1.165, 1.54) is 42.5 Å². The molecule has 0 unspecified atom stereocenters. The second-order valence-electron chi connectivity index (χ2n) is 4.16. The van der Waals surface area contributed by atoms with E-state index in [-0.39, 0.29) is 17.4 Å². The molecule has 0 fully saturated rings. The van der Waals surface area contributed by atoms with Gasteiger partial charge in [-0.1, -0.05) is 5.16 Å². The molecule has 0 aliphatic carbocycles. The van der Waals surface area contributed by atoms with Crippen LogP contribution in [0.4, 0.5) is 14.5 Å². The van der Waals surface area contributed by atoms with Crippen LogP contribution in [0.2, 0.25) is 0 Å². The van der Waals surface area contributed by atoms with Gasteiger partial charge in [0.15, 0.2) is 0 Å². The zero-order valence-electron chi connectivity index (χ0n) is 10.2. The number of hydrogen-bond acceptors (Lipinski definition) is 4. The molecule has 0 atom stereocenters. The van der Waals surface area contributed by atoms with Crippen LogP contribution in [0.3, 0.4) is 0 Å². The maximum atomic E-state index is 13.0. The van der Waals surface area contributed by atoms with Crippen LogP contribution < -0.4 is 5.73 Å². The number of rotatable bonds is 2. The van der Waals surface area contributed by atoms with Gasteiger partial charge in [-0.15, -0.1) is 0 Å². The van der Waals surface area contributed by atoms with Gasteiger partial charge in [0.2, 0.25) is 5.82 Å². The van der Waals surface area contributed by atoms with Crippen molar-refractivity contribution in [2.75, 3.05) is 5.73 Å². The molecular weight excluding hydrogens is 264 g/mol. The molecule has 20 heavy (non-hydrogen) atoms. The Morgan fingerprint density at radius 1 is 0.950 bits per heavy atom. The first-order valence-corrected chi connectivity index (χ1v) is 5.78. The van der Waals surface area contributed by atoms with Gasteiger partial charge in [0, 0.05) is 11.3 Å². The first-order valence-electron chi connectivity index (χ1n) is 5.78. The second kappa shape index (κ2) is 4.73. The molecule has 6 heteroatoms. The molecule has 0 radical (unpaired) electrons. The number of nitrogens with two attached hydrogens (primary N) is 1. The lowest BCUT2D eigenvalue weighted by atomic mass is 10.1. The number of benzene rings is 2. The average molecular weight is 273 g/mol. The van der Waals surface area contributed by atoms with Gasteiger partial charge in [0.05, 0.1) is 5.56 Å². The molecule has 100 valence electrons. The summed E-state index contributed by atoms with van der Waals surface area (Å²) >= 11 is 0. The molecule has 1 aromatic heterocycles. The number of nitrogen functional groups attached to an aromatic ring is 1. The number of halogens is 2. The minimum absolute atomic E-state index is 0.182. The summed E-state index contributed by atoms with van der Waals surface area (Å²) in [5.41, 5.74) is 6.98. The van der Waals surface area contributed by atoms with Crippen LogP contribution in [0.25, 0.3) is 22.8 Å². The van der Waals surface area contributed by atoms with E-state index >= 15 is 0 Å². The maximum Gasteiger partial charge on any atom is 0.260 e. The van der Waals surface area contributed by atoms with Crippen molar-refractivity contribution in [3.05, 3.63) is 54.1 Å². The quantitative estimate of drug-likeness (QED) is 0.728. The zero-order valence-corrected chi connectivity index (χ0v) is 10.2. The lowest BCUT2D eigenvalue weighted by Crippen LogP contribution is -1.91.